The zero-order valence-corrected chi connectivity index (χ0v) is 11.2. The highest BCUT2D eigenvalue weighted by atomic mass is 19.1. The van der Waals surface area contributed by atoms with Crippen LogP contribution in [0, 0.1) is 11.2 Å². The van der Waals surface area contributed by atoms with Crippen LogP contribution in [-0.4, -0.2) is 7.11 Å². The molecule has 0 aromatic heterocycles. The van der Waals surface area contributed by atoms with Crippen molar-refractivity contribution in [2.24, 2.45) is 11.1 Å². The third-order valence-electron chi connectivity index (χ3n) is 4.29. The fourth-order valence-electron chi connectivity index (χ4n) is 2.97. The largest absolute Gasteiger partial charge is 0.494 e. The van der Waals surface area contributed by atoms with Gasteiger partial charge in [-0.2, -0.15) is 0 Å². The quantitative estimate of drug-likeness (QED) is 0.886. The van der Waals surface area contributed by atoms with Crippen LogP contribution >= 0.6 is 0 Å². The Morgan fingerprint density at radius 1 is 1.28 bits per heavy atom. The molecule has 1 fully saturated rings. The fraction of sp³-hybridized carbons (Fsp3) is 0.600. The molecule has 1 aromatic rings. The van der Waals surface area contributed by atoms with Crippen molar-refractivity contribution in [3.05, 3.63) is 29.6 Å². The van der Waals surface area contributed by atoms with Gasteiger partial charge < -0.3 is 10.5 Å². The predicted octanol–water partition coefficient (Wildman–Crippen LogP) is 3.80. The minimum absolute atomic E-state index is 0.00541. The van der Waals surface area contributed by atoms with Gasteiger partial charge in [0.15, 0.2) is 11.6 Å². The topological polar surface area (TPSA) is 35.2 Å². The summed E-state index contributed by atoms with van der Waals surface area (Å²) in [6.45, 7) is 2.18. The Balaban J connectivity index is 2.30. The number of benzene rings is 1. The van der Waals surface area contributed by atoms with E-state index in [0.717, 1.165) is 12.8 Å². The molecule has 0 bridgehead atoms. The van der Waals surface area contributed by atoms with Crippen LogP contribution in [0.15, 0.2) is 18.2 Å². The molecule has 1 atom stereocenters. The molecule has 1 aliphatic rings. The smallest absolute Gasteiger partial charge is 0.169 e. The minimum Gasteiger partial charge on any atom is -0.494 e. The van der Waals surface area contributed by atoms with Gasteiger partial charge in [-0.3, -0.25) is 0 Å². The molecule has 1 unspecified atom stereocenters. The summed E-state index contributed by atoms with van der Waals surface area (Å²) in [5.41, 5.74) is 6.92. The Morgan fingerprint density at radius 3 is 2.56 bits per heavy atom. The van der Waals surface area contributed by atoms with E-state index in [0.29, 0.717) is 5.56 Å². The van der Waals surface area contributed by atoms with Crippen LogP contribution in [0.25, 0.3) is 0 Å². The van der Waals surface area contributed by atoms with Gasteiger partial charge in [-0.05, 0) is 24.3 Å². The molecule has 1 aliphatic carbocycles. The fourth-order valence-corrected chi connectivity index (χ4v) is 2.97. The van der Waals surface area contributed by atoms with Crippen molar-refractivity contribution in [1.82, 2.24) is 0 Å². The van der Waals surface area contributed by atoms with Gasteiger partial charge in [0.1, 0.15) is 0 Å². The van der Waals surface area contributed by atoms with E-state index in [1.807, 2.05) is 6.07 Å². The minimum atomic E-state index is -0.306. The summed E-state index contributed by atoms with van der Waals surface area (Å²) in [6, 6.07) is 4.97. The summed E-state index contributed by atoms with van der Waals surface area (Å²) in [4.78, 5) is 0. The van der Waals surface area contributed by atoms with Crippen LogP contribution in [0.4, 0.5) is 4.39 Å². The average molecular weight is 251 g/mol. The zero-order valence-electron chi connectivity index (χ0n) is 11.2. The third-order valence-corrected chi connectivity index (χ3v) is 4.29. The second-order valence-electron chi connectivity index (χ2n) is 5.56. The van der Waals surface area contributed by atoms with Crippen molar-refractivity contribution < 1.29 is 9.13 Å². The maximum absolute atomic E-state index is 14.2. The lowest BCUT2D eigenvalue weighted by Crippen LogP contribution is -2.34. The van der Waals surface area contributed by atoms with Crippen molar-refractivity contribution in [2.75, 3.05) is 7.11 Å². The lowest BCUT2D eigenvalue weighted by Gasteiger charge is -2.39. The van der Waals surface area contributed by atoms with Crippen molar-refractivity contribution in [3.63, 3.8) is 0 Å². The van der Waals surface area contributed by atoms with Gasteiger partial charge in [-0.1, -0.05) is 38.3 Å². The van der Waals surface area contributed by atoms with Crippen LogP contribution in [0.2, 0.25) is 0 Å². The number of methoxy groups -OCH3 is 1. The first-order valence-electron chi connectivity index (χ1n) is 6.66. The van der Waals surface area contributed by atoms with Crippen molar-refractivity contribution in [3.8, 4) is 5.75 Å². The standard InChI is InChI=1S/C15H22FNO/c1-15(9-4-3-5-10-15)14(17)11-7-6-8-12(18-2)13(11)16/h6-8,14H,3-5,9-10,17H2,1-2H3. The van der Waals surface area contributed by atoms with Crippen molar-refractivity contribution >= 4 is 0 Å². The molecule has 0 heterocycles. The Labute approximate surface area is 108 Å². The maximum atomic E-state index is 14.2. The first-order chi connectivity index (χ1) is 8.58. The number of hydrogen-bond acceptors (Lipinski definition) is 2. The molecule has 100 valence electrons. The van der Waals surface area contributed by atoms with E-state index in [9.17, 15) is 4.39 Å². The van der Waals surface area contributed by atoms with E-state index in [2.05, 4.69) is 6.92 Å². The first kappa shape index (κ1) is 13.3. The van der Waals surface area contributed by atoms with Gasteiger partial charge in [0, 0.05) is 11.6 Å². The van der Waals surface area contributed by atoms with Gasteiger partial charge in [0.05, 0.1) is 7.11 Å². The molecule has 3 heteroatoms. The molecular weight excluding hydrogens is 229 g/mol. The number of hydrogen-bond donors (Lipinski definition) is 1. The van der Waals surface area contributed by atoms with E-state index < -0.39 is 0 Å². The van der Waals surface area contributed by atoms with Crippen molar-refractivity contribution in [2.45, 2.75) is 45.1 Å². The van der Waals surface area contributed by atoms with Gasteiger partial charge in [0.2, 0.25) is 0 Å². The van der Waals surface area contributed by atoms with E-state index >= 15 is 0 Å². The molecule has 0 aliphatic heterocycles. The summed E-state index contributed by atoms with van der Waals surface area (Å²) in [6.07, 6.45) is 5.80. The number of halogens is 1. The zero-order chi connectivity index (χ0) is 13.2. The molecule has 2 rings (SSSR count). The summed E-state index contributed by atoms with van der Waals surface area (Å²) in [5.74, 6) is -0.0262. The predicted molar refractivity (Wildman–Crippen MR) is 71.1 cm³/mol. The lowest BCUT2D eigenvalue weighted by molar-refractivity contribution is 0.167. The monoisotopic (exact) mass is 251 g/mol. The summed E-state index contributed by atoms with van der Waals surface area (Å²) in [7, 11) is 1.48. The molecule has 2 N–H and O–H groups in total. The molecule has 0 radical (unpaired) electrons. The second-order valence-corrected chi connectivity index (χ2v) is 5.56. The molecule has 0 spiro atoms. The Bertz CT molecular complexity index is 413. The molecule has 18 heavy (non-hydrogen) atoms. The molecule has 0 amide bonds. The number of nitrogens with two attached hydrogens (primary N) is 1. The lowest BCUT2D eigenvalue weighted by atomic mass is 9.69. The van der Waals surface area contributed by atoms with Crippen molar-refractivity contribution in [1.29, 1.82) is 0 Å². The highest BCUT2D eigenvalue weighted by molar-refractivity contribution is 5.33. The normalized spacial score (nSPS) is 20.4. The summed E-state index contributed by atoms with van der Waals surface area (Å²) >= 11 is 0. The van der Waals surface area contributed by atoms with Gasteiger partial charge >= 0.3 is 0 Å². The van der Waals surface area contributed by atoms with E-state index in [1.165, 1.54) is 26.4 Å². The highest BCUT2D eigenvalue weighted by Crippen LogP contribution is 2.45. The van der Waals surface area contributed by atoms with Gasteiger partial charge in [-0.15, -0.1) is 0 Å². The number of rotatable bonds is 3. The van der Waals surface area contributed by atoms with Gasteiger partial charge in [0.25, 0.3) is 0 Å². The molecular formula is C15H22FNO. The summed E-state index contributed by atoms with van der Waals surface area (Å²) in [5, 5.41) is 0. The van der Waals surface area contributed by atoms with Crippen LogP contribution in [0.5, 0.6) is 5.75 Å². The molecule has 1 aromatic carbocycles. The summed E-state index contributed by atoms with van der Waals surface area (Å²) < 4.78 is 19.3. The van der Waals surface area contributed by atoms with Crippen LogP contribution in [0.3, 0.4) is 0 Å². The van der Waals surface area contributed by atoms with E-state index in [-0.39, 0.29) is 23.0 Å². The third kappa shape index (κ3) is 2.37. The molecule has 2 nitrogen and oxygen atoms in total. The van der Waals surface area contributed by atoms with Crippen LogP contribution in [0.1, 0.15) is 50.6 Å². The van der Waals surface area contributed by atoms with E-state index in [4.69, 9.17) is 10.5 Å². The Kier molecular flexibility index (Phi) is 3.91. The highest BCUT2D eigenvalue weighted by Gasteiger charge is 2.35. The SMILES string of the molecule is COc1cccc(C(N)C2(C)CCCCC2)c1F. The number of ether oxygens (including phenoxy) is 1. The maximum Gasteiger partial charge on any atom is 0.169 e. The molecule has 1 saturated carbocycles. The second kappa shape index (κ2) is 5.27. The van der Waals surface area contributed by atoms with E-state index in [1.54, 1.807) is 12.1 Å². The Morgan fingerprint density at radius 2 is 1.94 bits per heavy atom. The Hall–Kier alpha value is -1.09. The first-order valence-corrected chi connectivity index (χ1v) is 6.66. The molecule has 0 saturated heterocycles. The van der Waals surface area contributed by atoms with Crippen LogP contribution < -0.4 is 10.5 Å². The van der Waals surface area contributed by atoms with Crippen LogP contribution in [-0.2, 0) is 0 Å². The average Bonchev–Trinajstić information content (AvgIpc) is 2.39. The van der Waals surface area contributed by atoms with Gasteiger partial charge in [-0.25, -0.2) is 4.39 Å².